The number of hydrazine groups is 1. The van der Waals surface area contributed by atoms with Crippen molar-refractivity contribution in [1.82, 2.24) is 20.6 Å². The number of aromatic nitrogens is 2. The van der Waals surface area contributed by atoms with Crippen LogP contribution in [0, 0.1) is 0 Å². The third-order valence-electron chi connectivity index (χ3n) is 4.09. The lowest BCUT2D eigenvalue weighted by Gasteiger charge is -2.07. The van der Waals surface area contributed by atoms with Crippen molar-refractivity contribution in [2.24, 2.45) is 0 Å². The number of rotatable bonds is 6. The van der Waals surface area contributed by atoms with Crippen molar-refractivity contribution < 1.29 is 19.1 Å². The minimum Gasteiger partial charge on any atom is -0.497 e. The van der Waals surface area contributed by atoms with Crippen LogP contribution >= 0.6 is 0 Å². The predicted molar refractivity (Wildman–Crippen MR) is 107 cm³/mol. The summed E-state index contributed by atoms with van der Waals surface area (Å²) in [5, 5.41) is 4.59. The van der Waals surface area contributed by atoms with Gasteiger partial charge in [-0.2, -0.15) is 5.10 Å². The number of nitrogens with one attached hydrogen (secondary N) is 2. The Kier molecular flexibility index (Phi) is 6.47. The molecular formula is C21H22N4O4. The monoisotopic (exact) mass is 394 g/mol. The van der Waals surface area contributed by atoms with Crippen LogP contribution in [0.1, 0.15) is 22.8 Å². The topological polar surface area (TPSA) is 94.5 Å². The van der Waals surface area contributed by atoms with E-state index >= 15 is 0 Å². The van der Waals surface area contributed by atoms with Crippen LogP contribution in [-0.4, -0.2) is 35.5 Å². The second-order valence-electron chi connectivity index (χ2n) is 6.11. The lowest BCUT2D eigenvalue weighted by atomic mass is 10.1. The Bertz CT molecular complexity index is 985. The van der Waals surface area contributed by atoms with Crippen molar-refractivity contribution in [3.8, 4) is 17.0 Å². The van der Waals surface area contributed by atoms with Gasteiger partial charge >= 0.3 is 6.09 Å². The van der Waals surface area contributed by atoms with Crippen molar-refractivity contribution in [2.45, 2.75) is 13.5 Å². The van der Waals surface area contributed by atoms with E-state index in [-0.39, 0.29) is 6.61 Å². The first-order chi connectivity index (χ1) is 14.1. The minimum absolute atomic E-state index is 0.200. The molecular weight excluding hydrogens is 372 g/mol. The van der Waals surface area contributed by atoms with Crippen molar-refractivity contribution in [3.63, 3.8) is 0 Å². The second-order valence-corrected chi connectivity index (χ2v) is 6.11. The van der Waals surface area contributed by atoms with Crippen molar-refractivity contribution in [3.05, 3.63) is 71.9 Å². The molecule has 0 saturated carbocycles. The summed E-state index contributed by atoms with van der Waals surface area (Å²) < 4.78 is 11.7. The van der Waals surface area contributed by atoms with Gasteiger partial charge in [-0.3, -0.25) is 14.9 Å². The second kappa shape index (κ2) is 9.41. The van der Waals surface area contributed by atoms with Crippen molar-refractivity contribution >= 4 is 12.0 Å². The maximum atomic E-state index is 12.7. The molecule has 0 spiro atoms. The van der Waals surface area contributed by atoms with Crippen LogP contribution in [0.4, 0.5) is 4.79 Å². The molecule has 2 aromatic carbocycles. The number of benzene rings is 2. The summed E-state index contributed by atoms with van der Waals surface area (Å²) in [5.74, 6) is 0.145. The van der Waals surface area contributed by atoms with Crippen LogP contribution in [-0.2, 0) is 11.3 Å². The molecule has 0 aliphatic carbocycles. The van der Waals surface area contributed by atoms with Gasteiger partial charge in [-0.15, -0.1) is 0 Å². The van der Waals surface area contributed by atoms with Crippen LogP contribution < -0.4 is 15.6 Å². The fourth-order valence-electron chi connectivity index (χ4n) is 2.76. The van der Waals surface area contributed by atoms with Crippen LogP contribution in [0.15, 0.2) is 60.8 Å². The number of ether oxygens (including phenoxy) is 2. The lowest BCUT2D eigenvalue weighted by molar-refractivity contribution is 0.0913. The first-order valence-corrected chi connectivity index (χ1v) is 9.09. The van der Waals surface area contributed by atoms with E-state index in [0.717, 1.165) is 11.1 Å². The molecule has 0 fully saturated rings. The Morgan fingerprint density at radius 1 is 1.07 bits per heavy atom. The molecule has 8 nitrogen and oxygen atoms in total. The fourth-order valence-corrected chi connectivity index (χ4v) is 2.76. The molecule has 2 N–H and O–H groups in total. The van der Waals surface area contributed by atoms with Gasteiger partial charge in [0.25, 0.3) is 5.91 Å². The Morgan fingerprint density at radius 2 is 1.86 bits per heavy atom. The highest BCUT2D eigenvalue weighted by Crippen LogP contribution is 2.26. The average Bonchev–Trinajstić information content (AvgIpc) is 3.17. The highest BCUT2D eigenvalue weighted by atomic mass is 16.6. The molecule has 0 saturated heterocycles. The number of nitrogens with zero attached hydrogens (tertiary/aromatic N) is 2. The largest absolute Gasteiger partial charge is 0.497 e. The van der Waals surface area contributed by atoms with Gasteiger partial charge in [0.05, 0.1) is 25.8 Å². The predicted octanol–water partition coefficient (Wildman–Crippen LogP) is 3.00. The quantitative estimate of drug-likeness (QED) is 0.627. The molecule has 0 unspecified atom stereocenters. The first-order valence-electron chi connectivity index (χ1n) is 9.09. The van der Waals surface area contributed by atoms with Crippen LogP contribution in [0.3, 0.4) is 0 Å². The van der Waals surface area contributed by atoms with E-state index in [0.29, 0.717) is 23.6 Å². The normalized spacial score (nSPS) is 10.3. The van der Waals surface area contributed by atoms with Crippen LogP contribution in [0.5, 0.6) is 5.75 Å². The summed E-state index contributed by atoms with van der Waals surface area (Å²) in [7, 11) is 1.57. The Morgan fingerprint density at radius 3 is 2.59 bits per heavy atom. The number of amides is 2. The third-order valence-corrected chi connectivity index (χ3v) is 4.09. The SMILES string of the molecule is CCOC(=O)NNC(=O)c1cn(Cc2ccccc2)nc1-c1cccc(OC)c1. The molecule has 0 aliphatic heterocycles. The number of carbonyl (C=O) groups is 2. The van der Waals surface area contributed by atoms with E-state index in [4.69, 9.17) is 9.47 Å². The summed E-state index contributed by atoms with van der Waals surface area (Å²) in [6.07, 6.45) is 0.907. The highest BCUT2D eigenvalue weighted by molar-refractivity contribution is 6.00. The molecule has 1 aromatic heterocycles. The van der Waals surface area contributed by atoms with Gasteiger partial charge in [-0.25, -0.2) is 10.2 Å². The number of hydrogen-bond acceptors (Lipinski definition) is 5. The maximum absolute atomic E-state index is 12.7. The molecule has 0 bridgehead atoms. The van der Waals surface area contributed by atoms with Gasteiger partial charge in [0.1, 0.15) is 11.4 Å². The smallest absolute Gasteiger partial charge is 0.426 e. The minimum atomic E-state index is -0.736. The molecule has 0 radical (unpaired) electrons. The first kappa shape index (κ1) is 19.9. The van der Waals surface area contributed by atoms with Gasteiger partial charge in [-0.05, 0) is 24.6 Å². The van der Waals surface area contributed by atoms with Crippen LogP contribution in [0.2, 0.25) is 0 Å². The van der Waals surface area contributed by atoms with Gasteiger partial charge in [0.2, 0.25) is 0 Å². The molecule has 3 rings (SSSR count). The lowest BCUT2D eigenvalue weighted by Crippen LogP contribution is -2.42. The fraction of sp³-hybridized carbons (Fsp3) is 0.190. The molecule has 0 atom stereocenters. The zero-order valence-electron chi connectivity index (χ0n) is 16.2. The zero-order valence-corrected chi connectivity index (χ0v) is 16.2. The summed E-state index contributed by atoms with van der Waals surface area (Å²) in [6.45, 7) is 2.37. The van der Waals surface area contributed by atoms with E-state index in [2.05, 4.69) is 16.0 Å². The average molecular weight is 394 g/mol. The van der Waals surface area contributed by atoms with E-state index in [1.807, 2.05) is 48.5 Å². The van der Waals surface area contributed by atoms with Gasteiger partial charge in [-0.1, -0.05) is 42.5 Å². The van der Waals surface area contributed by atoms with E-state index in [1.54, 1.807) is 31.0 Å². The molecule has 1 heterocycles. The summed E-state index contributed by atoms with van der Waals surface area (Å²) >= 11 is 0. The van der Waals surface area contributed by atoms with E-state index in [9.17, 15) is 9.59 Å². The van der Waals surface area contributed by atoms with Crippen molar-refractivity contribution in [1.29, 1.82) is 0 Å². The summed E-state index contributed by atoms with van der Waals surface area (Å²) in [6, 6.07) is 17.1. The van der Waals surface area contributed by atoms with E-state index < -0.39 is 12.0 Å². The summed E-state index contributed by atoms with van der Waals surface area (Å²) in [5.41, 5.74) is 7.12. The Labute approximate surface area is 168 Å². The number of hydrogen-bond donors (Lipinski definition) is 2. The van der Waals surface area contributed by atoms with Gasteiger partial charge in [0, 0.05) is 11.8 Å². The van der Waals surface area contributed by atoms with Gasteiger partial charge < -0.3 is 9.47 Å². The highest BCUT2D eigenvalue weighted by Gasteiger charge is 2.19. The zero-order chi connectivity index (χ0) is 20.6. The Balaban J connectivity index is 1.91. The van der Waals surface area contributed by atoms with E-state index in [1.165, 1.54) is 0 Å². The number of carbonyl (C=O) groups excluding carboxylic acids is 2. The van der Waals surface area contributed by atoms with Crippen LogP contribution in [0.25, 0.3) is 11.3 Å². The standard InChI is InChI=1S/C21H22N4O4/c1-3-29-21(27)23-22-20(26)18-14-25(13-15-8-5-4-6-9-15)24-19(18)16-10-7-11-17(12-16)28-2/h4-12,14H,3,13H2,1-2H3,(H,22,26)(H,23,27). The van der Waals surface area contributed by atoms with Crippen molar-refractivity contribution in [2.75, 3.05) is 13.7 Å². The molecule has 2 amide bonds. The Hall–Kier alpha value is -3.81. The molecule has 29 heavy (non-hydrogen) atoms. The molecule has 8 heteroatoms. The molecule has 0 aliphatic rings. The summed E-state index contributed by atoms with van der Waals surface area (Å²) in [4.78, 5) is 24.2. The number of methoxy groups -OCH3 is 1. The third kappa shape index (κ3) is 5.13. The maximum Gasteiger partial charge on any atom is 0.426 e. The van der Waals surface area contributed by atoms with Gasteiger partial charge in [0.15, 0.2) is 0 Å². The molecule has 150 valence electrons. The molecule has 3 aromatic rings.